The number of alkyl halides is 1. The van der Waals surface area contributed by atoms with Crippen molar-refractivity contribution in [2.24, 2.45) is 13.0 Å². The molecular weight excluding hydrogens is 543 g/mol. The predicted octanol–water partition coefficient (Wildman–Crippen LogP) is 5.20. The van der Waals surface area contributed by atoms with Crippen LogP contribution in [0.3, 0.4) is 0 Å². The maximum Gasteiger partial charge on any atom is 0.246 e. The van der Waals surface area contributed by atoms with Crippen LogP contribution in [0.15, 0.2) is 73.1 Å². The fourth-order valence-electron chi connectivity index (χ4n) is 5.71. The first-order valence-electron chi connectivity index (χ1n) is 14.7. The van der Waals surface area contributed by atoms with Gasteiger partial charge in [0.05, 0.1) is 5.39 Å². The first-order chi connectivity index (χ1) is 21.0. The second-order valence-corrected chi connectivity index (χ2v) is 11.1. The number of aromatic nitrogens is 3. The van der Waals surface area contributed by atoms with Crippen molar-refractivity contribution >= 4 is 22.8 Å². The lowest BCUT2D eigenvalue weighted by atomic mass is 9.99. The molecule has 4 heterocycles. The Bertz CT molecular complexity index is 1680. The molecular formula is C34H35FN6O2. The number of carbonyl (C=O) groups excluding carboxylic acids is 1. The van der Waals surface area contributed by atoms with Crippen LogP contribution in [-0.2, 0) is 11.8 Å². The van der Waals surface area contributed by atoms with E-state index in [1.807, 2.05) is 82.1 Å². The van der Waals surface area contributed by atoms with Gasteiger partial charge in [-0.2, -0.15) is 0 Å². The number of para-hydroxylation sites is 1. The summed E-state index contributed by atoms with van der Waals surface area (Å²) in [7, 11) is 1.95. The molecule has 2 saturated heterocycles. The van der Waals surface area contributed by atoms with E-state index in [0.717, 1.165) is 58.6 Å². The Morgan fingerprint density at radius 1 is 1.07 bits per heavy atom. The van der Waals surface area contributed by atoms with Gasteiger partial charge in [-0.25, -0.2) is 14.4 Å². The zero-order valence-corrected chi connectivity index (χ0v) is 24.2. The smallest absolute Gasteiger partial charge is 0.246 e. The van der Waals surface area contributed by atoms with Crippen LogP contribution in [0.1, 0.15) is 25.0 Å². The number of halogens is 1. The topological polar surface area (TPSA) is 89.5 Å². The van der Waals surface area contributed by atoms with E-state index in [0.29, 0.717) is 38.5 Å². The number of aryl methyl sites for hydroxylation is 1. The van der Waals surface area contributed by atoms with Crippen molar-refractivity contribution in [3.05, 3.63) is 78.8 Å². The number of carbonyl (C=O) groups is 1. The Morgan fingerprint density at radius 3 is 2.60 bits per heavy atom. The summed E-state index contributed by atoms with van der Waals surface area (Å²) < 4.78 is 21.0. The van der Waals surface area contributed by atoms with Gasteiger partial charge in [0.2, 0.25) is 5.91 Å². The van der Waals surface area contributed by atoms with E-state index in [1.165, 1.54) is 6.33 Å². The van der Waals surface area contributed by atoms with Crippen LogP contribution in [0, 0.1) is 17.8 Å². The monoisotopic (exact) mass is 578 g/mol. The fraction of sp³-hybridized carbons (Fsp3) is 0.324. The van der Waals surface area contributed by atoms with Crippen LogP contribution in [0.5, 0.6) is 11.5 Å². The van der Waals surface area contributed by atoms with Crippen molar-refractivity contribution in [3.8, 4) is 34.5 Å². The number of fused-ring (bicyclic) bond motifs is 1. The molecule has 43 heavy (non-hydrogen) atoms. The molecule has 2 N–H and O–H groups in total. The lowest BCUT2D eigenvalue weighted by molar-refractivity contribution is -0.126. The van der Waals surface area contributed by atoms with Crippen molar-refractivity contribution < 1.29 is 13.9 Å². The zero-order chi connectivity index (χ0) is 29.8. The highest BCUT2D eigenvalue weighted by Crippen LogP contribution is 2.37. The number of likely N-dealkylation sites (tertiary alicyclic amines) is 2. The van der Waals surface area contributed by atoms with Gasteiger partial charge in [0.15, 0.2) is 0 Å². The first kappa shape index (κ1) is 28.4. The molecule has 2 aromatic carbocycles. The number of amides is 1. The van der Waals surface area contributed by atoms with E-state index in [1.54, 1.807) is 6.08 Å². The van der Waals surface area contributed by atoms with Crippen molar-refractivity contribution in [1.29, 1.82) is 0 Å². The largest absolute Gasteiger partial charge is 0.457 e. The molecule has 2 fully saturated rings. The molecule has 1 unspecified atom stereocenters. The molecule has 220 valence electrons. The Morgan fingerprint density at radius 2 is 1.84 bits per heavy atom. The van der Waals surface area contributed by atoms with E-state index < -0.39 is 6.17 Å². The number of nitrogens with zero attached hydrogens (tertiary/aromatic N) is 5. The predicted molar refractivity (Wildman–Crippen MR) is 166 cm³/mol. The van der Waals surface area contributed by atoms with E-state index in [4.69, 9.17) is 10.5 Å². The molecule has 8 nitrogen and oxygen atoms in total. The first-order valence-corrected chi connectivity index (χ1v) is 14.7. The third kappa shape index (κ3) is 6.40. The van der Waals surface area contributed by atoms with Gasteiger partial charge in [0, 0.05) is 57.3 Å². The molecule has 9 heteroatoms. The maximum atomic E-state index is 13.0. The van der Waals surface area contributed by atoms with Gasteiger partial charge in [-0.3, -0.25) is 9.69 Å². The summed E-state index contributed by atoms with van der Waals surface area (Å²) in [4.78, 5) is 25.4. The summed E-state index contributed by atoms with van der Waals surface area (Å²) in [5, 5.41) is 0.774. The molecule has 2 aliphatic heterocycles. The molecule has 2 aliphatic rings. The minimum absolute atomic E-state index is 0.00985. The zero-order valence-electron chi connectivity index (χ0n) is 24.2. The van der Waals surface area contributed by atoms with Crippen LogP contribution >= 0.6 is 0 Å². The number of anilines is 1. The van der Waals surface area contributed by atoms with Crippen molar-refractivity contribution in [2.75, 3.05) is 38.5 Å². The molecule has 2 aromatic heterocycles. The molecule has 0 aliphatic carbocycles. The quantitative estimate of drug-likeness (QED) is 0.250. The average molecular weight is 579 g/mol. The van der Waals surface area contributed by atoms with Gasteiger partial charge >= 0.3 is 0 Å². The van der Waals surface area contributed by atoms with Crippen molar-refractivity contribution in [3.63, 3.8) is 0 Å². The Balaban J connectivity index is 1.20. The van der Waals surface area contributed by atoms with Gasteiger partial charge in [-0.1, -0.05) is 42.3 Å². The SMILES string of the molecule is Cn1c(C#CC2CCCN(C(=O)/C=C/CN3CC(F)C3)CC2)c(-c2ccc(Oc3ccccc3)cc2)c2c(N)ncnc21. The van der Waals surface area contributed by atoms with Crippen molar-refractivity contribution in [1.82, 2.24) is 24.3 Å². The highest BCUT2D eigenvalue weighted by molar-refractivity contribution is 6.03. The molecule has 6 rings (SSSR count). The van der Waals surface area contributed by atoms with E-state index in [9.17, 15) is 9.18 Å². The van der Waals surface area contributed by atoms with Gasteiger partial charge < -0.3 is 19.9 Å². The van der Waals surface area contributed by atoms with Crippen LogP contribution in [0.25, 0.3) is 22.2 Å². The van der Waals surface area contributed by atoms with Gasteiger partial charge in [0.25, 0.3) is 0 Å². The number of nitrogens with two attached hydrogens (primary N) is 1. The molecule has 1 atom stereocenters. The molecule has 0 spiro atoms. The van der Waals surface area contributed by atoms with Crippen LogP contribution in [0.4, 0.5) is 10.2 Å². The molecule has 0 bridgehead atoms. The Kier molecular flexibility index (Phi) is 8.38. The van der Waals surface area contributed by atoms with Crippen LogP contribution in [-0.4, -0.2) is 69.1 Å². The summed E-state index contributed by atoms with van der Waals surface area (Å²) in [5.41, 5.74) is 9.76. The van der Waals surface area contributed by atoms with E-state index >= 15 is 0 Å². The fourth-order valence-corrected chi connectivity index (χ4v) is 5.71. The summed E-state index contributed by atoms with van der Waals surface area (Å²) >= 11 is 0. The highest BCUT2D eigenvalue weighted by atomic mass is 19.1. The van der Waals surface area contributed by atoms with Gasteiger partial charge in [-0.05, 0) is 55.0 Å². The summed E-state index contributed by atoms with van der Waals surface area (Å²) in [6.45, 7) is 2.88. The summed E-state index contributed by atoms with van der Waals surface area (Å²) in [6.07, 6.45) is 6.81. The number of hydrogen-bond donors (Lipinski definition) is 1. The minimum Gasteiger partial charge on any atom is -0.457 e. The van der Waals surface area contributed by atoms with Gasteiger partial charge in [-0.15, -0.1) is 0 Å². The number of hydrogen-bond acceptors (Lipinski definition) is 6. The van der Waals surface area contributed by atoms with E-state index in [-0.39, 0.29) is 11.8 Å². The van der Waals surface area contributed by atoms with Crippen LogP contribution < -0.4 is 10.5 Å². The van der Waals surface area contributed by atoms with Crippen LogP contribution in [0.2, 0.25) is 0 Å². The third-order valence-corrected chi connectivity index (χ3v) is 8.09. The molecule has 0 saturated carbocycles. The van der Waals surface area contributed by atoms with Crippen molar-refractivity contribution in [2.45, 2.75) is 25.4 Å². The maximum absolute atomic E-state index is 13.0. The number of ether oxygens (including phenoxy) is 1. The minimum atomic E-state index is -0.733. The molecule has 0 radical (unpaired) electrons. The second-order valence-electron chi connectivity index (χ2n) is 11.1. The Labute approximate surface area is 251 Å². The van der Waals surface area contributed by atoms with E-state index in [2.05, 4.69) is 21.8 Å². The summed E-state index contributed by atoms with van der Waals surface area (Å²) in [5.74, 6) is 9.04. The number of benzene rings is 2. The third-order valence-electron chi connectivity index (χ3n) is 8.09. The second kappa shape index (κ2) is 12.7. The summed E-state index contributed by atoms with van der Waals surface area (Å²) in [6, 6.07) is 17.5. The highest BCUT2D eigenvalue weighted by Gasteiger charge is 2.25. The average Bonchev–Trinajstić information content (AvgIpc) is 3.12. The normalized spacial score (nSPS) is 17.8. The number of nitrogen functional groups attached to an aromatic ring is 1. The lowest BCUT2D eigenvalue weighted by Gasteiger charge is -2.33. The number of rotatable bonds is 6. The van der Waals surface area contributed by atoms with Gasteiger partial charge in [0.1, 0.15) is 41.2 Å². The molecule has 1 amide bonds. The Hall–Kier alpha value is -4.68. The standard InChI is InChI=1S/C34H35FN6O2/c1-39-29(16-11-24-7-5-19-41(20-17-24)30(42)10-6-18-40-21-26(35)22-40)31(32-33(36)37-23-38-34(32)39)25-12-14-28(15-13-25)43-27-8-3-2-4-9-27/h2-4,6,8-10,12-15,23-24,26H,5,7,17-22H2,1H3,(H2,36,37,38)/b10-6+. The molecule has 4 aromatic rings. The lowest BCUT2D eigenvalue weighted by Crippen LogP contribution is -2.48.